The van der Waals surface area contributed by atoms with Crippen LogP contribution in [0.2, 0.25) is 5.02 Å². The first-order valence-corrected chi connectivity index (χ1v) is 9.85. The fourth-order valence-electron chi connectivity index (χ4n) is 3.97. The van der Waals surface area contributed by atoms with Gasteiger partial charge in [0.2, 0.25) is 0 Å². The molecule has 1 heterocycles. The molecule has 0 saturated carbocycles. The zero-order valence-electron chi connectivity index (χ0n) is 16.3. The third-order valence-electron chi connectivity index (χ3n) is 5.36. The molecule has 28 heavy (non-hydrogen) atoms. The van der Waals surface area contributed by atoms with E-state index >= 15 is 0 Å². The Morgan fingerprint density at radius 1 is 0.786 bits per heavy atom. The van der Waals surface area contributed by atoms with E-state index in [0.717, 1.165) is 16.9 Å². The summed E-state index contributed by atoms with van der Waals surface area (Å²) in [6.07, 6.45) is 0. The van der Waals surface area contributed by atoms with Gasteiger partial charge in [0.15, 0.2) is 0 Å². The predicted octanol–water partition coefficient (Wildman–Crippen LogP) is 6.53. The number of nitrogens with zero attached hydrogens (tertiary/aromatic N) is 2. The molecule has 1 aliphatic heterocycles. The summed E-state index contributed by atoms with van der Waals surface area (Å²) in [5.41, 5.74) is 5.25. The molecule has 4 rings (SSSR count). The normalized spacial score (nSPS) is 19.4. The van der Waals surface area contributed by atoms with E-state index in [1.807, 2.05) is 58.3 Å². The molecule has 2 atom stereocenters. The van der Waals surface area contributed by atoms with E-state index < -0.39 is 0 Å². The van der Waals surface area contributed by atoms with E-state index in [1.54, 1.807) is 0 Å². The molecule has 0 spiro atoms. The van der Waals surface area contributed by atoms with Crippen molar-refractivity contribution in [3.63, 3.8) is 0 Å². The lowest BCUT2D eigenvalue weighted by Gasteiger charge is -2.26. The van der Waals surface area contributed by atoms with Crippen molar-refractivity contribution in [3.8, 4) is 0 Å². The lowest BCUT2D eigenvalue weighted by molar-refractivity contribution is 0.255. The summed E-state index contributed by atoms with van der Waals surface area (Å²) in [6, 6.07) is 23.9. The molecule has 1 fully saturated rings. The number of halogens is 1. The van der Waals surface area contributed by atoms with E-state index in [-0.39, 0.29) is 18.1 Å². The van der Waals surface area contributed by atoms with Gasteiger partial charge in [-0.25, -0.2) is 4.79 Å². The summed E-state index contributed by atoms with van der Waals surface area (Å²) in [5.74, 6) is 0. The van der Waals surface area contributed by atoms with E-state index in [1.165, 1.54) is 11.1 Å². The zero-order chi connectivity index (χ0) is 19.8. The second kappa shape index (κ2) is 7.33. The van der Waals surface area contributed by atoms with Crippen molar-refractivity contribution < 1.29 is 4.79 Å². The van der Waals surface area contributed by atoms with Crippen LogP contribution >= 0.6 is 11.6 Å². The van der Waals surface area contributed by atoms with Crippen LogP contribution in [0.15, 0.2) is 72.8 Å². The fourth-order valence-corrected chi connectivity index (χ4v) is 4.10. The van der Waals surface area contributed by atoms with E-state index in [9.17, 15) is 4.79 Å². The predicted molar refractivity (Wildman–Crippen MR) is 116 cm³/mol. The zero-order valence-corrected chi connectivity index (χ0v) is 17.0. The standard InChI is InChI=1S/C24H23ClN2O/c1-16-7-11-21(12-8-16)26-18(3)23(19-6-4-5-17(2)15-19)27(24(26)28)22-13-9-20(25)10-14-22/h4-15,18,23H,1-3H3. The molecule has 2 amide bonds. The Hall–Kier alpha value is -2.78. The number of carbonyl (C=O) groups excluding carboxylic acids is 1. The number of rotatable bonds is 3. The van der Waals surface area contributed by atoms with Gasteiger partial charge in [-0.2, -0.15) is 0 Å². The first-order valence-electron chi connectivity index (χ1n) is 9.47. The van der Waals surface area contributed by atoms with Gasteiger partial charge >= 0.3 is 6.03 Å². The molecule has 0 radical (unpaired) electrons. The van der Waals surface area contributed by atoms with Crippen molar-refractivity contribution in [2.24, 2.45) is 0 Å². The quantitative estimate of drug-likeness (QED) is 0.498. The molecule has 4 heteroatoms. The Labute approximate surface area is 171 Å². The summed E-state index contributed by atoms with van der Waals surface area (Å²) in [4.78, 5) is 17.3. The molecule has 0 aromatic heterocycles. The Bertz CT molecular complexity index is 998. The van der Waals surface area contributed by atoms with Crippen molar-refractivity contribution in [1.82, 2.24) is 0 Å². The SMILES string of the molecule is Cc1ccc(N2C(=O)N(c3ccc(Cl)cc3)C(c3cccc(C)c3)C2C)cc1. The van der Waals surface area contributed by atoms with Crippen LogP contribution in [0, 0.1) is 13.8 Å². The Morgan fingerprint density at radius 3 is 2.04 bits per heavy atom. The largest absolute Gasteiger partial charge is 0.329 e. The molecule has 3 nitrogen and oxygen atoms in total. The monoisotopic (exact) mass is 390 g/mol. The first kappa shape index (κ1) is 18.6. The molecule has 1 aliphatic rings. The highest BCUT2D eigenvalue weighted by atomic mass is 35.5. The number of urea groups is 1. The fraction of sp³-hybridized carbons (Fsp3) is 0.208. The Morgan fingerprint density at radius 2 is 1.39 bits per heavy atom. The molecular formula is C24H23ClN2O. The topological polar surface area (TPSA) is 23.6 Å². The van der Waals surface area contributed by atoms with E-state index in [4.69, 9.17) is 11.6 Å². The van der Waals surface area contributed by atoms with Crippen molar-refractivity contribution in [2.75, 3.05) is 9.80 Å². The van der Waals surface area contributed by atoms with Gasteiger partial charge in [-0.15, -0.1) is 0 Å². The minimum absolute atomic E-state index is 0.0207. The second-order valence-electron chi connectivity index (χ2n) is 7.43. The number of anilines is 2. The third kappa shape index (κ3) is 3.27. The van der Waals surface area contributed by atoms with Gasteiger partial charge in [0.1, 0.15) is 0 Å². The maximum Gasteiger partial charge on any atom is 0.329 e. The number of aryl methyl sites for hydroxylation is 2. The molecule has 3 aromatic carbocycles. The summed E-state index contributed by atoms with van der Waals surface area (Å²) >= 11 is 6.08. The summed E-state index contributed by atoms with van der Waals surface area (Å²) in [6.45, 7) is 6.24. The smallest absolute Gasteiger partial charge is 0.289 e. The first-order chi connectivity index (χ1) is 13.5. The molecule has 0 N–H and O–H groups in total. The van der Waals surface area contributed by atoms with Crippen LogP contribution in [0.3, 0.4) is 0 Å². The highest BCUT2D eigenvalue weighted by Crippen LogP contribution is 2.41. The van der Waals surface area contributed by atoms with Gasteiger partial charge in [0, 0.05) is 16.4 Å². The molecule has 0 bridgehead atoms. The van der Waals surface area contributed by atoms with Gasteiger partial charge in [0.05, 0.1) is 12.1 Å². The number of hydrogen-bond acceptors (Lipinski definition) is 1. The average molecular weight is 391 g/mol. The number of hydrogen-bond donors (Lipinski definition) is 0. The lowest BCUT2D eigenvalue weighted by Crippen LogP contribution is -2.33. The van der Waals surface area contributed by atoms with Crippen molar-refractivity contribution >= 4 is 29.0 Å². The Balaban J connectivity index is 1.83. The van der Waals surface area contributed by atoms with Crippen LogP contribution in [0.4, 0.5) is 16.2 Å². The average Bonchev–Trinajstić information content (AvgIpc) is 2.94. The van der Waals surface area contributed by atoms with Gasteiger partial charge in [-0.05, 0) is 62.7 Å². The minimum atomic E-state index is -0.0881. The molecule has 1 saturated heterocycles. The van der Waals surface area contributed by atoms with E-state index in [2.05, 4.69) is 45.0 Å². The number of carbonyl (C=O) groups is 1. The van der Waals surface area contributed by atoms with Gasteiger partial charge < -0.3 is 0 Å². The van der Waals surface area contributed by atoms with E-state index in [0.29, 0.717) is 5.02 Å². The lowest BCUT2D eigenvalue weighted by atomic mass is 9.98. The molecule has 2 unspecified atom stereocenters. The third-order valence-corrected chi connectivity index (χ3v) is 5.61. The van der Waals surface area contributed by atoms with Gasteiger partial charge in [0.25, 0.3) is 0 Å². The Kier molecular flexibility index (Phi) is 4.86. The second-order valence-corrected chi connectivity index (χ2v) is 7.87. The number of benzene rings is 3. The van der Waals surface area contributed by atoms with Crippen LogP contribution in [0.25, 0.3) is 0 Å². The molecule has 3 aromatic rings. The molecule has 0 aliphatic carbocycles. The van der Waals surface area contributed by atoms with Crippen LogP contribution in [-0.2, 0) is 0 Å². The van der Waals surface area contributed by atoms with Crippen molar-refractivity contribution in [2.45, 2.75) is 32.9 Å². The van der Waals surface area contributed by atoms with Crippen molar-refractivity contribution in [3.05, 3.63) is 94.5 Å². The van der Waals surface area contributed by atoms with Crippen LogP contribution < -0.4 is 9.80 Å². The van der Waals surface area contributed by atoms with Crippen LogP contribution in [-0.4, -0.2) is 12.1 Å². The highest BCUT2D eigenvalue weighted by molar-refractivity contribution is 6.30. The highest BCUT2D eigenvalue weighted by Gasteiger charge is 2.45. The molecule has 142 valence electrons. The van der Waals surface area contributed by atoms with Gasteiger partial charge in [-0.1, -0.05) is 59.1 Å². The van der Waals surface area contributed by atoms with Crippen molar-refractivity contribution in [1.29, 1.82) is 0 Å². The molecular weight excluding hydrogens is 368 g/mol. The van der Waals surface area contributed by atoms with Crippen LogP contribution in [0.5, 0.6) is 0 Å². The minimum Gasteiger partial charge on any atom is -0.289 e. The summed E-state index contributed by atoms with van der Waals surface area (Å²) in [7, 11) is 0. The summed E-state index contributed by atoms with van der Waals surface area (Å²) in [5, 5.41) is 0.658. The van der Waals surface area contributed by atoms with Gasteiger partial charge in [-0.3, -0.25) is 9.80 Å². The summed E-state index contributed by atoms with van der Waals surface area (Å²) < 4.78 is 0. The maximum absolute atomic E-state index is 13.6. The number of amides is 2. The maximum atomic E-state index is 13.6. The van der Waals surface area contributed by atoms with Crippen LogP contribution in [0.1, 0.15) is 29.7 Å².